The highest BCUT2D eigenvalue weighted by Gasteiger charge is 2.04. The second-order valence-electron chi connectivity index (χ2n) is 4.92. The van der Waals surface area contributed by atoms with E-state index in [-0.39, 0.29) is 18.4 Å². The zero-order valence-electron chi connectivity index (χ0n) is 13.0. The highest BCUT2D eigenvalue weighted by molar-refractivity contribution is 5.75. The molecule has 0 unspecified atom stereocenters. The Labute approximate surface area is 122 Å². The summed E-state index contributed by atoms with van der Waals surface area (Å²) in [5.41, 5.74) is 0. The van der Waals surface area contributed by atoms with Crippen LogP contribution in [0.15, 0.2) is 0 Å². The molecule has 0 aromatic heterocycles. The monoisotopic (exact) mass is 286 g/mol. The van der Waals surface area contributed by atoms with E-state index in [4.69, 9.17) is 4.74 Å². The zero-order valence-corrected chi connectivity index (χ0v) is 13.0. The molecule has 0 aliphatic carbocycles. The van der Waals surface area contributed by atoms with Gasteiger partial charge in [0.05, 0.1) is 13.0 Å². The van der Waals surface area contributed by atoms with E-state index in [2.05, 4.69) is 17.6 Å². The van der Waals surface area contributed by atoms with Crippen LogP contribution in [0.3, 0.4) is 0 Å². The summed E-state index contributed by atoms with van der Waals surface area (Å²) >= 11 is 0. The van der Waals surface area contributed by atoms with Crippen LogP contribution in [-0.4, -0.2) is 31.7 Å². The molecule has 0 aliphatic heterocycles. The van der Waals surface area contributed by atoms with Gasteiger partial charge in [0, 0.05) is 13.1 Å². The topological polar surface area (TPSA) is 67.4 Å². The minimum Gasteiger partial charge on any atom is -0.466 e. The van der Waals surface area contributed by atoms with Crippen molar-refractivity contribution >= 4 is 12.0 Å². The third-order valence-electron chi connectivity index (χ3n) is 2.91. The fourth-order valence-electron chi connectivity index (χ4n) is 1.72. The molecule has 0 atom stereocenters. The van der Waals surface area contributed by atoms with Gasteiger partial charge in [0.15, 0.2) is 0 Å². The first kappa shape index (κ1) is 18.7. The molecule has 5 heteroatoms. The summed E-state index contributed by atoms with van der Waals surface area (Å²) in [5, 5.41) is 5.30. The van der Waals surface area contributed by atoms with Crippen LogP contribution in [0.2, 0.25) is 0 Å². The molecule has 0 radical (unpaired) electrons. The minimum absolute atomic E-state index is 0.226. The minimum atomic E-state index is -0.241. The summed E-state index contributed by atoms with van der Waals surface area (Å²) in [7, 11) is 0. The smallest absolute Gasteiger partial charge is 0.314 e. The maximum Gasteiger partial charge on any atom is 0.314 e. The molecule has 5 nitrogen and oxygen atoms in total. The summed E-state index contributed by atoms with van der Waals surface area (Å²) in [4.78, 5) is 22.6. The van der Waals surface area contributed by atoms with Crippen LogP contribution in [0.4, 0.5) is 4.79 Å². The van der Waals surface area contributed by atoms with E-state index in [1.54, 1.807) is 0 Å². The molecule has 0 saturated heterocycles. The third-order valence-corrected chi connectivity index (χ3v) is 2.91. The Kier molecular flexibility index (Phi) is 13.3. The average Bonchev–Trinajstić information content (AvgIpc) is 2.44. The number of amides is 2. The van der Waals surface area contributed by atoms with Crippen LogP contribution in [0.25, 0.3) is 0 Å². The number of hydrogen-bond donors (Lipinski definition) is 2. The first-order valence-corrected chi connectivity index (χ1v) is 7.88. The van der Waals surface area contributed by atoms with Gasteiger partial charge in [-0.1, -0.05) is 46.0 Å². The molecule has 0 heterocycles. The van der Waals surface area contributed by atoms with Crippen molar-refractivity contribution in [2.45, 2.75) is 65.2 Å². The van der Waals surface area contributed by atoms with Gasteiger partial charge in [-0.25, -0.2) is 4.79 Å². The molecular formula is C15H30N2O3. The molecule has 0 aromatic carbocycles. The van der Waals surface area contributed by atoms with Crippen molar-refractivity contribution in [1.82, 2.24) is 10.6 Å². The van der Waals surface area contributed by atoms with E-state index in [1.807, 2.05) is 6.92 Å². The summed E-state index contributed by atoms with van der Waals surface area (Å²) in [5.74, 6) is -0.241. The van der Waals surface area contributed by atoms with Crippen LogP contribution in [0.5, 0.6) is 0 Å². The lowest BCUT2D eigenvalue weighted by Crippen LogP contribution is -2.37. The number of hydrogen-bond acceptors (Lipinski definition) is 3. The van der Waals surface area contributed by atoms with E-state index >= 15 is 0 Å². The zero-order chi connectivity index (χ0) is 15.1. The molecule has 0 rings (SSSR count). The SMILES string of the molecule is CCCCCCCCOC(=O)CCNC(=O)NCCC. The van der Waals surface area contributed by atoms with Crippen LogP contribution in [0, 0.1) is 0 Å². The number of unbranched alkanes of at least 4 members (excludes halogenated alkanes) is 5. The predicted molar refractivity (Wildman–Crippen MR) is 80.6 cm³/mol. The molecule has 118 valence electrons. The van der Waals surface area contributed by atoms with Gasteiger partial charge in [-0.15, -0.1) is 0 Å². The Morgan fingerprint density at radius 3 is 2.20 bits per heavy atom. The number of carbonyl (C=O) groups excluding carboxylic acids is 2. The Morgan fingerprint density at radius 2 is 1.50 bits per heavy atom. The number of nitrogens with one attached hydrogen (secondary N) is 2. The van der Waals surface area contributed by atoms with Gasteiger partial charge in [0.1, 0.15) is 0 Å². The molecule has 2 N–H and O–H groups in total. The highest BCUT2D eigenvalue weighted by Crippen LogP contribution is 2.05. The van der Waals surface area contributed by atoms with Crippen molar-refractivity contribution in [2.75, 3.05) is 19.7 Å². The molecule has 0 bridgehead atoms. The second kappa shape index (κ2) is 14.2. The number of esters is 1. The first-order valence-electron chi connectivity index (χ1n) is 7.88. The van der Waals surface area contributed by atoms with Gasteiger partial charge < -0.3 is 15.4 Å². The van der Waals surface area contributed by atoms with Gasteiger partial charge in [-0.2, -0.15) is 0 Å². The Balaban J connectivity index is 3.30. The maximum absolute atomic E-state index is 11.4. The summed E-state index contributed by atoms with van der Waals surface area (Å²) in [6.45, 7) is 5.64. The summed E-state index contributed by atoms with van der Waals surface area (Å²) < 4.78 is 5.10. The van der Waals surface area contributed by atoms with Crippen LogP contribution < -0.4 is 10.6 Å². The van der Waals surface area contributed by atoms with Crippen LogP contribution >= 0.6 is 0 Å². The molecule has 0 saturated carbocycles. The normalized spacial score (nSPS) is 10.1. The maximum atomic E-state index is 11.4. The summed E-state index contributed by atoms with van der Waals surface area (Å²) in [6.07, 6.45) is 8.18. The van der Waals surface area contributed by atoms with Crippen molar-refractivity contribution in [1.29, 1.82) is 0 Å². The van der Waals surface area contributed by atoms with E-state index in [9.17, 15) is 9.59 Å². The van der Waals surface area contributed by atoms with E-state index in [0.29, 0.717) is 19.7 Å². The van der Waals surface area contributed by atoms with Gasteiger partial charge in [0.25, 0.3) is 0 Å². The molecule has 0 aromatic rings. The molecule has 2 amide bonds. The van der Waals surface area contributed by atoms with E-state index < -0.39 is 0 Å². The molecular weight excluding hydrogens is 256 g/mol. The van der Waals surface area contributed by atoms with Crippen LogP contribution in [-0.2, 0) is 9.53 Å². The molecule has 0 fully saturated rings. The van der Waals surface area contributed by atoms with Gasteiger partial charge in [-0.3, -0.25) is 4.79 Å². The van der Waals surface area contributed by atoms with Crippen molar-refractivity contribution in [3.8, 4) is 0 Å². The fraction of sp³-hybridized carbons (Fsp3) is 0.867. The average molecular weight is 286 g/mol. The first-order chi connectivity index (χ1) is 9.70. The standard InChI is InChI=1S/C15H30N2O3/c1-3-5-6-7-8-9-13-20-14(18)10-12-17-15(19)16-11-4-2/h3-13H2,1-2H3,(H2,16,17,19). The van der Waals surface area contributed by atoms with E-state index in [1.165, 1.54) is 25.7 Å². The molecule has 20 heavy (non-hydrogen) atoms. The lowest BCUT2D eigenvalue weighted by Gasteiger charge is -2.07. The number of urea groups is 1. The molecule has 0 spiro atoms. The van der Waals surface area contributed by atoms with Crippen molar-refractivity contribution in [3.63, 3.8) is 0 Å². The number of rotatable bonds is 12. The number of carbonyl (C=O) groups is 2. The lowest BCUT2D eigenvalue weighted by molar-refractivity contribution is -0.143. The van der Waals surface area contributed by atoms with Gasteiger partial charge >= 0.3 is 12.0 Å². The Hall–Kier alpha value is -1.26. The molecule has 0 aliphatic rings. The summed E-state index contributed by atoms with van der Waals surface area (Å²) in [6, 6.07) is -0.226. The number of ether oxygens (including phenoxy) is 1. The largest absolute Gasteiger partial charge is 0.466 e. The Bertz CT molecular complexity index is 258. The fourth-order valence-corrected chi connectivity index (χ4v) is 1.72. The van der Waals surface area contributed by atoms with Crippen molar-refractivity contribution in [2.24, 2.45) is 0 Å². The quantitative estimate of drug-likeness (QED) is 0.428. The van der Waals surface area contributed by atoms with Gasteiger partial charge in [0.2, 0.25) is 0 Å². The van der Waals surface area contributed by atoms with Gasteiger partial charge in [-0.05, 0) is 12.8 Å². The van der Waals surface area contributed by atoms with Crippen LogP contribution in [0.1, 0.15) is 65.2 Å². The predicted octanol–water partition coefficient (Wildman–Crippen LogP) is 2.99. The highest BCUT2D eigenvalue weighted by atomic mass is 16.5. The van der Waals surface area contributed by atoms with Crippen molar-refractivity contribution < 1.29 is 14.3 Å². The lowest BCUT2D eigenvalue weighted by atomic mass is 10.1. The third kappa shape index (κ3) is 13.2. The van der Waals surface area contributed by atoms with E-state index in [0.717, 1.165) is 19.3 Å². The second-order valence-corrected chi connectivity index (χ2v) is 4.92. The Morgan fingerprint density at radius 1 is 0.850 bits per heavy atom. The van der Waals surface area contributed by atoms with Crippen molar-refractivity contribution in [3.05, 3.63) is 0 Å².